The van der Waals surface area contributed by atoms with Crippen molar-refractivity contribution in [2.75, 3.05) is 11.5 Å². The van der Waals surface area contributed by atoms with Gasteiger partial charge >= 0.3 is 0 Å². The molecule has 1 aliphatic heterocycles. The number of rotatable bonds is 7. The van der Waals surface area contributed by atoms with E-state index in [1.807, 2.05) is 68.5 Å². The molecule has 0 bridgehead atoms. The number of nitrogens with zero attached hydrogens (tertiary/aromatic N) is 3. The van der Waals surface area contributed by atoms with Gasteiger partial charge in [0.25, 0.3) is 5.91 Å². The van der Waals surface area contributed by atoms with Gasteiger partial charge in [0.2, 0.25) is 5.78 Å². The van der Waals surface area contributed by atoms with E-state index in [-0.39, 0.29) is 5.57 Å². The molecule has 2 aromatic heterocycles. The largest absolute Gasteiger partial charge is 0.503 e. The number of carbonyl (C=O) groups is 2. The van der Waals surface area contributed by atoms with Gasteiger partial charge in [-0.2, -0.15) is 0 Å². The summed E-state index contributed by atoms with van der Waals surface area (Å²) in [4.78, 5) is 37.8. The Kier molecular flexibility index (Phi) is 6.42. The third-order valence-electron chi connectivity index (χ3n) is 5.74. The second kappa shape index (κ2) is 9.67. The molecule has 1 unspecified atom stereocenters. The Labute approximate surface area is 216 Å². The summed E-state index contributed by atoms with van der Waals surface area (Å²) in [5, 5.41) is 12.1. The van der Waals surface area contributed by atoms with Gasteiger partial charge in [0.15, 0.2) is 10.9 Å². The minimum absolute atomic E-state index is 0.0215. The van der Waals surface area contributed by atoms with Crippen molar-refractivity contribution in [2.24, 2.45) is 0 Å². The number of hydrogen-bond acceptors (Lipinski definition) is 8. The van der Waals surface area contributed by atoms with Gasteiger partial charge in [0, 0.05) is 0 Å². The maximum Gasteiger partial charge on any atom is 0.296 e. The minimum Gasteiger partial charge on any atom is -0.503 e. The Balaban J connectivity index is 1.60. The van der Waals surface area contributed by atoms with Crippen molar-refractivity contribution in [3.8, 4) is 5.75 Å². The highest BCUT2D eigenvalue weighted by molar-refractivity contribution is 7.22. The molecule has 5 rings (SSSR count). The molecule has 3 heterocycles. The number of benzene rings is 2. The van der Waals surface area contributed by atoms with E-state index in [0.29, 0.717) is 33.6 Å². The van der Waals surface area contributed by atoms with Gasteiger partial charge in [0.1, 0.15) is 5.75 Å². The molecule has 36 heavy (non-hydrogen) atoms. The fraction of sp³-hybridized carbons (Fsp3) is 0.185. The number of aryl methyl sites for hydroxylation is 2. The average molecular weight is 518 g/mol. The van der Waals surface area contributed by atoms with Crippen LogP contribution in [0.5, 0.6) is 5.75 Å². The summed E-state index contributed by atoms with van der Waals surface area (Å²) in [6.07, 6.45) is 3.59. The van der Waals surface area contributed by atoms with Gasteiger partial charge in [-0.3, -0.25) is 14.5 Å². The molecule has 0 fully saturated rings. The van der Waals surface area contributed by atoms with Crippen molar-refractivity contribution in [1.82, 2.24) is 9.97 Å². The Bertz CT molecular complexity index is 1540. The number of anilines is 1. The molecule has 1 amide bonds. The number of thiazole rings is 2. The monoisotopic (exact) mass is 517 g/mol. The van der Waals surface area contributed by atoms with E-state index in [4.69, 9.17) is 4.74 Å². The Morgan fingerprint density at radius 2 is 1.92 bits per heavy atom. The van der Waals surface area contributed by atoms with Crippen molar-refractivity contribution in [3.63, 3.8) is 0 Å². The zero-order chi connectivity index (χ0) is 25.4. The Hall–Kier alpha value is -3.82. The maximum atomic E-state index is 13.6. The number of Topliss-reactive ketones (excluding diaryl/α,β-unsaturated/α-hetero) is 1. The quantitative estimate of drug-likeness (QED) is 0.307. The standard InChI is InChI=1S/C27H23N3O4S2/c1-4-34-18-11-12-19-21(14-18)36-27(29-19)30-20(13-10-17-8-6-5-7-9-17)22(24(32)26(30)33)23(31)25-15(2)28-16(3)35-25/h5-14,20,32H,4H2,1-3H3/b13-10+. The lowest BCUT2D eigenvalue weighted by atomic mass is 10.0. The molecule has 9 heteroatoms. The van der Waals surface area contributed by atoms with Crippen LogP contribution in [0.1, 0.15) is 32.9 Å². The van der Waals surface area contributed by atoms with Crippen LogP contribution in [0.2, 0.25) is 0 Å². The van der Waals surface area contributed by atoms with E-state index in [1.165, 1.54) is 27.6 Å². The van der Waals surface area contributed by atoms with Gasteiger partial charge in [-0.25, -0.2) is 9.97 Å². The third-order valence-corrected chi connectivity index (χ3v) is 7.83. The molecule has 2 aromatic carbocycles. The molecule has 0 saturated heterocycles. The van der Waals surface area contributed by atoms with Crippen LogP contribution in [0.3, 0.4) is 0 Å². The summed E-state index contributed by atoms with van der Waals surface area (Å²) in [6, 6.07) is 14.3. The van der Waals surface area contributed by atoms with Gasteiger partial charge in [-0.05, 0) is 44.5 Å². The number of aromatic nitrogens is 2. The number of fused-ring (bicyclic) bond motifs is 1. The van der Waals surface area contributed by atoms with Crippen LogP contribution >= 0.6 is 22.7 Å². The van der Waals surface area contributed by atoms with Crippen molar-refractivity contribution in [2.45, 2.75) is 26.8 Å². The van der Waals surface area contributed by atoms with Crippen molar-refractivity contribution in [1.29, 1.82) is 0 Å². The van der Waals surface area contributed by atoms with Crippen LogP contribution in [0.4, 0.5) is 5.13 Å². The fourth-order valence-electron chi connectivity index (χ4n) is 4.14. The SMILES string of the molecule is CCOc1ccc2nc(N3C(=O)C(O)=C(C(=O)c4sc(C)nc4C)C3/C=C/c3ccccc3)sc2c1. The van der Waals surface area contributed by atoms with Crippen LogP contribution < -0.4 is 9.64 Å². The van der Waals surface area contributed by atoms with Gasteiger partial charge < -0.3 is 9.84 Å². The molecular formula is C27H23N3O4S2. The Morgan fingerprint density at radius 3 is 2.61 bits per heavy atom. The molecule has 0 aliphatic carbocycles. The molecule has 1 aliphatic rings. The van der Waals surface area contributed by atoms with E-state index < -0.39 is 23.5 Å². The van der Waals surface area contributed by atoms with Crippen LogP contribution in [-0.4, -0.2) is 39.4 Å². The molecule has 0 saturated carbocycles. The normalized spacial score (nSPS) is 16.0. The molecule has 182 valence electrons. The van der Waals surface area contributed by atoms with Gasteiger partial charge in [-0.15, -0.1) is 11.3 Å². The summed E-state index contributed by atoms with van der Waals surface area (Å²) in [7, 11) is 0. The lowest BCUT2D eigenvalue weighted by Crippen LogP contribution is -2.35. The highest BCUT2D eigenvalue weighted by Crippen LogP contribution is 2.39. The summed E-state index contributed by atoms with van der Waals surface area (Å²) in [6.45, 7) is 6.02. The molecule has 0 radical (unpaired) electrons. The minimum atomic E-state index is -0.834. The topological polar surface area (TPSA) is 92.6 Å². The highest BCUT2D eigenvalue weighted by atomic mass is 32.1. The number of carbonyl (C=O) groups excluding carboxylic acids is 2. The fourth-order valence-corrected chi connectivity index (χ4v) is 6.04. The van der Waals surface area contributed by atoms with E-state index in [9.17, 15) is 14.7 Å². The number of aliphatic hydroxyl groups is 1. The van der Waals surface area contributed by atoms with E-state index in [0.717, 1.165) is 15.3 Å². The number of ether oxygens (including phenoxy) is 1. The van der Waals surface area contributed by atoms with Crippen LogP contribution in [0, 0.1) is 13.8 Å². The second-order valence-electron chi connectivity index (χ2n) is 8.19. The van der Waals surface area contributed by atoms with Crippen LogP contribution in [-0.2, 0) is 4.79 Å². The molecule has 4 aromatic rings. The lowest BCUT2D eigenvalue weighted by molar-refractivity contribution is -0.116. The Morgan fingerprint density at radius 1 is 1.14 bits per heavy atom. The van der Waals surface area contributed by atoms with Crippen molar-refractivity contribution < 1.29 is 19.4 Å². The predicted molar refractivity (Wildman–Crippen MR) is 143 cm³/mol. The molecule has 1 N–H and O–H groups in total. The van der Waals surface area contributed by atoms with Gasteiger partial charge in [-0.1, -0.05) is 53.8 Å². The zero-order valence-corrected chi connectivity index (χ0v) is 21.5. The number of amides is 1. The van der Waals surface area contributed by atoms with Crippen LogP contribution in [0.25, 0.3) is 16.3 Å². The highest BCUT2D eigenvalue weighted by Gasteiger charge is 2.44. The number of ketones is 1. The van der Waals surface area contributed by atoms with Crippen LogP contribution in [0.15, 0.2) is 65.9 Å². The first-order valence-electron chi connectivity index (χ1n) is 11.4. The summed E-state index contributed by atoms with van der Waals surface area (Å²) in [5.74, 6) is -0.929. The lowest BCUT2D eigenvalue weighted by Gasteiger charge is -2.21. The van der Waals surface area contributed by atoms with E-state index in [2.05, 4.69) is 9.97 Å². The summed E-state index contributed by atoms with van der Waals surface area (Å²) >= 11 is 2.55. The van der Waals surface area contributed by atoms with E-state index >= 15 is 0 Å². The van der Waals surface area contributed by atoms with Gasteiger partial charge in [0.05, 0.1) is 44.0 Å². The molecule has 1 atom stereocenters. The van der Waals surface area contributed by atoms with Crippen molar-refractivity contribution in [3.05, 3.63) is 87.1 Å². The number of aliphatic hydroxyl groups excluding tert-OH is 1. The first-order valence-corrected chi connectivity index (χ1v) is 13.0. The number of hydrogen-bond donors (Lipinski definition) is 1. The van der Waals surface area contributed by atoms with E-state index in [1.54, 1.807) is 13.0 Å². The smallest absolute Gasteiger partial charge is 0.296 e. The molecular weight excluding hydrogens is 494 g/mol. The molecule has 0 spiro atoms. The molecule has 7 nitrogen and oxygen atoms in total. The maximum absolute atomic E-state index is 13.6. The third kappa shape index (κ3) is 4.31. The second-order valence-corrected chi connectivity index (χ2v) is 10.4. The predicted octanol–water partition coefficient (Wildman–Crippen LogP) is 5.89. The first-order chi connectivity index (χ1) is 17.4. The summed E-state index contributed by atoms with van der Waals surface area (Å²) in [5.41, 5.74) is 2.19. The average Bonchev–Trinajstić information content (AvgIpc) is 3.51. The zero-order valence-electron chi connectivity index (χ0n) is 19.9. The first kappa shape index (κ1) is 23.9. The summed E-state index contributed by atoms with van der Waals surface area (Å²) < 4.78 is 6.43. The van der Waals surface area contributed by atoms with Crippen molar-refractivity contribution >= 4 is 55.8 Å².